The molecule has 1 heterocycles. The summed E-state index contributed by atoms with van der Waals surface area (Å²) in [6, 6.07) is 7.92. The Hall–Kier alpha value is -1.77. The Balaban J connectivity index is 1.55. The summed E-state index contributed by atoms with van der Waals surface area (Å²) < 4.78 is 5.12. The smallest absolute Gasteiger partial charge is 0.236 e. The van der Waals surface area contributed by atoms with E-state index in [4.69, 9.17) is 4.74 Å². The Morgan fingerprint density at radius 1 is 1.29 bits per heavy atom. The average molecular weight is 227 g/mol. The highest BCUT2D eigenvalue weighted by Crippen LogP contribution is 2.77. The van der Waals surface area contributed by atoms with Gasteiger partial charge in [-0.25, -0.2) is 0 Å². The number of amides is 1. The van der Waals surface area contributed by atoms with E-state index in [1.807, 2.05) is 29.2 Å². The Kier molecular flexibility index (Phi) is 1.39. The minimum absolute atomic E-state index is 0.0561. The number of ether oxygens (including phenoxy) is 1. The van der Waals surface area contributed by atoms with Crippen molar-refractivity contribution in [2.75, 3.05) is 7.11 Å². The molecule has 0 radical (unpaired) electrons. The van der Waals surface area contributed by atoms with E-state index in [-0.39, 0.29) is 11.0 Å². The molecule has 3 heteroatoms. The van der Waals surface area contributed by atoms with Crippen LogP contribution in [-0.4, -0.2) is 23.5 Å². The second kappa shape index (κ2) is 2.55. The molecule has 3 nitrogen and oxygen atoms in total. The molecule has 0 aromatic heterocycles. The highest BCUT2D eigenvalue weighted by molar-refractivity contribution is 6.04. The van der Waals surface area contributed by atoms with Gasteiger partial charge in [-0.05, 0) is 24.1 Å². The van der Waals surface area contributed by atoms with Crippen LogP contribution in [0.5, 0.6) is 5.75 Å². The van der Waals surface area contributed by atoms with Crippen LogP contribution >= 0.6 is 0 Å². The van der Waals surface area contributed by atoms with Crippen LogP contribution in [0.25, 0.3) is 0 Å². The van der Waals surface area contributed by atoms with Crippen molar-refractivity contribution in [1.29, 1.82) is 0 Å². The van der Waals surface area contributed by atoms with Gasteiger partial charge in [0, 0.05) is 6.54 Å². The van der Waals surface area contributed by atoms with Crippen LogP contribution in [0.15, 0.2) is 36.4 Å². The van der Waals surface area contributed by atoms with E-state index < -0.39 is 0 Å². The number of likely N-dealkylation sites (tertiary alicyclic amines) is 1. The molecule has 0 spiro atoms. The minimum atomic E-state index is -0.0561. The lowest BCUT2D eigenvalue weighted by atomic mass is 9.78. The van der Waals surface area contributed by atoms with Crippen LogP contribution in [0.3, 0.4) is 0 Å². The fourth-order valence-corrected chi connectivity index (χ4v) is 3.23. The molecule has 4 rings (SSSR count). The number of hydrogen-bond acceptors (Lipinski definition) is 2. The van der Waals surface area contributed by atoms with Crippen LogP contribution in [0.2, 0.25) is 0 Å². The van der Waals surface area contributed by atoms with Gasteiger partial charge in [-0.15, -0.1) is 0 Å². The Labute approximate surface area is 99.7 Å². The maximum Gasteiger partial charge on any atom is 0.236 e. The number of hydrogen-bond donors (Lipinski definition) is 0. The predicted molar refractivity (Wildman–Crippen MR) is 62.5 cm³/mol. The molecular formula is C14H13NO2. The zero-order valence-corrected chi connectivity index (χ0v) is 9.64. The molecule has 2 fully saturated rings. The van der Waals surface area contributed by atoms with E-state index in [2.05, 4.69) is 12.2 Å². The molecule has 1 aliphatic heterocycles. The van der Waals surface area contributed by atoms with Gasteiger partial charge in [-0.2, -0.15) is 0 Å². The summed E-state index contributed by atoms with van der Waals surface area (Å²) in [7, 11) is 1.66. The van der Waals surface area contributed by atoms with Crippen molar-refractivity contribution in [3.05, 3.63) is 42.0 Å². The van der Waals surface area contributed by atoms with Gasteiger partial charge in [0.2, 0.25) is 5.91 Å². The van der Waals surface area contributed by atoms with Crippen LogP contribution in [0.1, 0.15) is 12.0 Å². The Morgan fingerprint density at radius 2 is 2.06 bits per heavy atom. The van der Waals surface area contributed by atoms with Crippen molar-refractivity contribution in [2.24, 2.45) is 5.41 Å². The van der Waals surface area contributed by atoms with Crippen molar-refractivity contribution in [2.45, 2.75) is 18.5 Å². The normalized spacial score (nSPS) is 35.6. The van der Waals surface area contributed by atoms with Crippen LogP contribution in [-0.2, 0) is 11.3 Å². The number of rotatable bonds is 3. The predicted octanol–water partition coefficient (Wildman–Crippen LogP) is 1.74. The summed E-state index contributed by atoms with van der Waals surface area (Å²) in [4.78, 5) is 14.0. The minimum Gasteiger partial charge on any atom is -0.497 e. The van der Waals surface area contributed by atoms with Crippen molar-refractivity contribution < 1.29 is 9.53 Å². The summed E-state index contributed by atoms with van der Waals surface area (Å²) >= 11 is 0. The topological polar surface area (TPSA) is 29.5 Å². The Bertz CT molecular complexity index is 548. The van der Waals surface area contributed by atoms with Gasteiger partial charge in [0.05, 0.1) is 18.1 Å². The van der Waals surface area contributed by atoms with Crippen molar-refractivity contribution in [3.63, 3.8) is 0 Å². The molecule has 1 aromatic rings. The number of nitrogens with zero attached hydrogens (tertiary/aromatic N) is 1. The third kappa shape index (κ3) is 0.844. The van der Waals surface area contributed by atoms with Crippen LogP contribution in [0, 0.1) is 5.41 Å². The van der Waals surface area contributed by atoms with Crippen molar-refractivity contribution in [1.82, 2.24) is 4.90 Å². The number of carbonyl (C=O) groups excluding carboxylic acids is 1. The fraction of sp³-hybridized carbons (Fsp3) is 0.357. The largest absolute Gasteiger partial charge is 0.497 e. The highest BCUT2D eigenvalue weighted by atomic mass is 16.5. The molecule has 1 saturated carbocycles. The third-order valence-corrected chi connectivity index (χ3v) is 4.45. The number of methoxy groups -OCH3 is 1. The average Bonchev–Trinajstić information content (AvgIpc) is 2.70. The summed E-state index contributed by atoms with van der Waals surface area (Å²) in [6.07, 6.45) is 5.26. The standard InChI is InChI=1S/C14H13NO2/c1-17-11-4-2-10(3-5-11)8-15-12(16)13-6-7-14(13,15)9-13/h2-7H,8-9H2,1H3/t13-,14-/m0/s1. The maximum atomic E-state index is 12.0. The number of β-lactam (4-membered cyclic amide) rings is 1. The molecule has 2 atom stereocenters. The fourth-order valence-electron chi connectivity index (χ4n) is 3.23. The molecule has 3 aliphatic rings. The van der Waals surface area contributed by atoms with E-state index in [1.165, 1.54) is 0 Å². The van der Waals surface area contributed by atoms with E-state index in [1.54, 1.807) is 7.11 Å². The van der Waals surface area contributed by atoms with Gasteiger partial charge in [-0.1, -0.05) is 24.3 Å². The molecular weight excluding hydrogens is 214 g/mol. The van der Waals surface area contributed by atoms with Gasteiger partial charge in [0.25, 0.3) is 0 Å². The van der Waals surface area contributed by atoms with Gasteiger partial charge in [0.1, 0.15) is 5.75 Å². The first-order chi connectivity index (χ1) is 8.22. The maximum absolute atomic E-state index is 12.0. The third-order valence-electron chi connectivity index (χ3n) is 4.45. The summed E-state index contributed by atoms with van der Waals surface area (Å²) in [5.74, 6) is 1.15. The van der Waals surface area contributed by atoms with Crippen LogP contribution in [0.4, 0.5) is 0 Å². The zero-order valence-electron chi connectivity index (χ0n) is 9.64. The summed E-state index contributed by atoms with van der Waals surface area (Å²) in [5.41, 5.74) is 1.22. The first-order valence-corrected chi connectivity index (χ1v) is 5.87. The van der Waals surface area contributed by atoms with Crippen molar-refractivity contribution in [3.8, 4) is 5.75 Å². The number of carbonyl (C=O) groups is 1. The second-order valence-corrected chi connectivity index (χ2v) is 5.15. The van der Waals surface area contributed by atoms with Crippen LogP contribution < -0.4 is 4.74 Å². The lowest BCUT2D eigenvalue weighted by molar-refractivity contribution is -0.152. The molecule has 1 amide bonds. The highest BCUT2D eigenvalue weighted by Gasteiger charge is 2.86. The molecule has 86 valence electrons. The molecule has 0 N–H and O–H groups in total. The van der Waals surface area contributed by atoms with E-state index in [9.17, 15) is 4.79 Å². The molecule has 0 bridgehead atoms. The lowest BCUT2D eigenvalue weighted by Gasteiger charge is -2.48. The molecule has 0 unspecified atom stereocenters. The molecule has 1 saturated heterocycles. The van der Waals surface area contributed by atoms with E-state index in [0.29, 0.717) is 5.91 Å². The quantitative estimate of drug-likeness (QED) is 0.581. The SMILES string of the molecule is COc1ccc(CN2C(=O)[C@@]34C=C[C@@]23C4)cc1. The summed E-state index contributed by atoms with van der Waals surface area (Å²) in [5, 5.41) is 0. The Morgan fingerprint density at radius 3 is 2.53 bits per heavy atom. The van der Waals surface area contributed by atoms with Gasteiger partial charge in [-0.3, -0.25) is 4.79 Å². The molecule has 1 aromatic carbocycles. The lowest BCUT2D eigenvalue weighted by Crippen LogP contribution is -2.62. The van der Waals surface area contributed by atoms with Gasteiger partial charge >= 0.3 is 0 Å². The first kappa shape index (κ1) is 9.28. The number of benzene rings is 1. The summed E-state index contributed by atoms with van der Waals surface area (Å²) in [6.45, 7) is 0.717. The monoisotopic (exact) mass is 227 g/mol. The van der Waals surface area contributed by atoms with Crippen molar-refractivity contribution >= 4 is 5.91 Å². The van der Waals surface area contributed by atoms with Gasteiger partial charge < -0.3 is 9.64 Å². The zero-order chi connectivity index (χ0) is 11.7. The van der Waals surface area contributed by atoms with E-state index >= 15 is 0 Å². The molecule has 2 aliphatic carbocycles. The van der Waals surface area contributed by atoms with Gasteiger partial charge in [0.15, 0.2) is 0 Å². The molecule has 17 heavy (non-hydrogen) atoms. The van der Waals surface area contributed by atoms with E-state index in [0.717, 1.165) is 24.3 Å². The first-order valence-electron chi connectivity index (χ1n) is 5.87. The second-order valence-electron chi connectivity index (χ2n) is 5.15.